The Labute approximate surface area is 173 Å². The van der Waals surface area contributed by atoms with Crippen LogP contribution in [0.5, 0.6) is 0 Å². The molecule has 29 heavy (non-hydrogen) atoms. The fourth-order valence-electron chi connectivity index (χ4n) is 3.77. The lowest BCUT2D eigenvalue weighted by Crippen LogP contribution is -2.48. The quantitative estimate of drug-likeness (QED) is 0.496. The zero-order valence-electron chi connectivity index (χ0n) is 17.7. The molecule has 0 radical (unpaired) electrons. The molecule has 2 fully saturated rings. The summed E-state index contributed by atoms with van der Waals surface area (Å²) >= 11 is 0. The van der Waals surface area contributed by atoms with Crippen LogP contribution in [0.1, 0.15) is 26.7 Å². The summed E-state index contributed by atoms with van der Waals surface area (Å²) in [4.78, 5) is 31.9. The Kier molecular flexibility index (Phi) is 8.03. The number of piperazine rings is 1. The molecule has 0 saturated carbocycles. The number of hydrogen-bond donors (Lipinski definition) is 2. The second-order valence-electron chi connectivity index (χ2n) is 7.46. The highest BCUT2D eigenvalue weighted by Gasteiger charge is 2.25. The van der Waals surface area contributed by atoms with Crippen molar-refractivity contribution in [1.82, 2.24) is 30.4 Å². The third-order valence-electron chi connectivity index (χ3n) is 5.42. The predicted molar refractivity (Wildman–Crippen MR) is 115 cm³/mol. The molecule has 2 aliphatic heterocycles. The Morgan fingerprint density at radius 2 is 1.93 bits per heavy atom. The number of aliphatic imine (C=N–C) groups is 1. The van der Waals surface area contributed by atoms with Crippen molar-refractivity contribution in [1.29, 1.82) is 0 Å². The number of carbonyl (C=O) groups is 1. The second-order valence-corrected chi connectivity index (χ2v) is 7.46. The van der Waals surface area contributed by atoms with E-state index in [-0.39, 0.29) is 11.9 Å². The monoisotopic (exact) mass is 402 g/mol. The molecule has 1 atom stereocenters. The van der Waals surface area contributed by atoms with E-state index < -0.39 is 0 Å². The minimum atomic E-state index is 0.233. The number of carbonyl (C=O) groups excluding carboxylic acids is 1. The molecular formula is C20H34N8O. The maximum Gasteiger partial charge on any atom is 0.225 e. The van der Waals surface area contributed by atoms with Gasteiger partial charge < -0.3 is 20.4 Å². The Balaban J connectivity index is 1.41. The van der Waals surface area contributed by atoms with Gasteiger partial charge in [-0.25, -0.2) is 9.97 Å². The molecule has 3 heterocycles. The molecular weight excluding hydrogens is 368 g/mol. The molecule has 2 aliphatic rings. The molecule has 0 aliphatic carbocycles. The van der Waals surface area contributed by atoms with Gasteiger partial charge in [0.05, 0.1) is 6.54 Å². The van der Waals surface area contributed by atoms with Crippen LogP contribution in [0.3, 0.4) is 0 Å². The highest BCUT2D eigenvalue weighted by atomic mass is 16.2. The average molecular weight is 403 g/mol. The molecule has 1 unspecified atom stereocenters. The standard InChI is InChI=1S/C20H34N8O/c1-3-18(29)28-10-6-17(16-28)25-19(21-4-2)22-9-11-26-12-14-27(15-13-26)20-23-7-5-8-24-20/h5,7-8,17H,3-4,6,9-16H2,1-2H3,(H2,21,22,25). The number of likely N-dealkylation sites (tertiary alicyclic amines) is 1. The van der Waals surface area contributed by atoms with Gasteiger partial charge in [-0.1, -0.05) is 6.92 Å². The van der Waals surface area contributed by atoms with E-state index in [0.717, 1.165) is 77.2 Å². The Morgan fingerprint density at radius 3 is 2.62 bits per heavy atom. The first kappa shape index (κ1) is 21.3. The van der Waals surface area contributed by atoms with Gasteiger partial charge in [0, 0.05) is 77.2 Å². The molecule has 1 amide bonds. The van der Waals surface area contributed by atoms with Gasteiger partial charge in [-0.05, 0) is 19.4 Å². The van der Waals surface area contributed by atoms with Crippen molar-refractivity contribution < 1.29 is 4.79 Å². The normalized spacial score (nSPS) is 20.8. The predicted octanol–water partition coefficient (Wildman–Crippen LogP) is 0.165. The number of hydrogen-bond acceptors (Lipinski definition) is 6. The van der Waals surface area contributed by atoms with Crippen LogP contribution in [0.25, 0.3) is 0 Å². The first-order chi connectivity index (χ1) is 14.2. The minimum absolute atomic E-state index is 0.233. The van der Waals surface area contributed by atoms with E-state index in [1.54, 1.807) is 12.4 Å². The van der Waals surface area contributed by atoms with Crippen LogP contribution in [-0.4, -0.2) is 96.6 Å². The van der Waals surface area contributed by atoms with Crippen LogP contribution in [0.15, 0.2) is 23.5 Å². The van der Waals surface area contributed by atoms with Crippen LogP contribution in [0, 0.1) is 0 Å². The fourth-order valence-corrected chi connectivity index (χ4v) is 3.77. The first-order valence-electron chi connectivity index (χ1n) is 10.8. The molecule has 1 aromatic heterocycles. The van der Waals surface area contributed by atoms with E-state index in [9.17, 15) is 4.79 Å². The first-order valence-corrected chi connectivity index (χ1v) is 10.8. The molecule has 2 N–H and O–H groups in total. The number of rotatable bonds is 7. The van der Waals surface area contributed by atoms with E-state index in [0.29, 0.717) is 6.42 Å². The van der Waals surface area contributed by atoms with Crippen molar-refractivity contribution >= 4 is 17.8 Å². The number of aromatic nitrogens is 2. The van der Waals surface area contributed by atoms with E-state index in [1.165, 1.54) is 0 Å². The van der Waals surface area contributed by atoms with Crippen molar-refractivity contribution in [3.05, 3.63) is 18.5 Å². The smallest absolute Gasteiger partial charge is 0.225 e. The number of nitrogens with zero attached hydrogens (tertiary/aromatic N) is 6. The molecule has 160 valence electrons. The fraction of sp³-hybridized carbons (Fsp3) is 0.700. The van der Waals surface area contributed by atoms with Crippen LogP contribution in [-0.2, 0) is 4.79 Å². The van der Waals surface area contributed by atoms with E-state index >= 15 is 0 Å². The Morgan fingerprint density at radius 1 is 1.17 bits per heavy atom. The number of guanidine groups is 1. The third kappa shape index (κ3) is 6.28. The van der Waals surface area contributed by atoms with E-state index in [4.69, 9.17) is 4.99 Å². The molecule has 0 spiro atoms. The summed E-state index contributed by atoms with van der Waals surface area (Å²) in [6.07, 6.45) is 5.13. The summed E-state index contributed by atoms with van der Waals surface area (Å²) in [5, 5.41) is 6.82. The zero-order valence-corrected chi connectivity index (χ0v) is 17.7. The summed E-state index contributed by atoms with van der Waals surface area (Å²) in [5.74, 6) is 1.90. The SMILES string of the molecule is CCNC(=NCCN1CCN(c2ncccn2)CC1)NC1CCN(C(=O)CC)C1. The van der Waals surface area contributed by atoms with Crippen LogP contribution < -0.4 is 15.5 Å². The summed E-state index contributed by atoms with van der Waals surface area (Å²) in [6, 6.07) is 2.12. The van der Waals surface area contributed by atoms with Crippen molar-refractivity contribution in [2.45, 2.75) is 32.7 Å². The van der Waals surface area contributed by atoms with Crippen molar-refractivity contribution in [2.75, 3.05) is 63.8 Å². The van der Waals surface area contributed by atoms with Gasteiger partial charge in [0.25, 0.3) is 0 Å². The molecule has 0 aromatic carbocycles. The lowest BCUT2D eigenvalue weighted by Gasteiger charge is -2.34. The van der Waals surface area contributed by atoms with Gasteiger partial charge in [-0.15, -0.1) is 0 Å². The zero-order chi connectivity index (χ0) is 20.5. The van der Waals surface area contributed by atoms with E-state index in [2.05, 4.69) is 37.3 Å². The van der Waals surface area contributed by atoms with Crippen LogP contribution in [0.4, 0.5) is 5.95 Å². The molecule has 3 rings (SSSR count). The number of anilines is 1. The van der Waals surface area contributed by atoms with Gasteiger partial charge in [0.1, 0.15) is 0 Å². The summed E-state index contributed by atoms with van der Waals surface area (Å²) in [5.41, 5.74) is 0. The van der Waals surface area contributed by atoms with Crippen molar-refractivity contribution in [2.24, 2.45) is 4.99 Å². The number of amides is 1. The van der Waals surface area contributed by atoms with E-state index in [1.807, 2.05) is 17.9 Å². The van der Waals surface area contributed by atoms with Crippen LogP contribution >= 0.6 is 0 Å². The minimum Gasteiger partial charge on any atom is -0.357 e. The molecule has 9 nitrogen and oxygen atoms in total. The van der Waals surface area contributed by atoms with Gasteiger partial charge in [-0.2, -0.15) is 0 Å². The topological polar surface area (TPSA) is 89.0 Å². The molecule has 1 aromatic rings. The van der Waals surface area contributed by atoms with Gasteiger partial charge >= 0.3 is 0 Å². The van der Waals surface area contributed by atoms with Gasteiger partial charge in [-0.3, -0.25) is 14.7 Å². The highest BCUT2D eigenvalue weighted by Crippen LogP contribution is 2.11. The number of nitrogens with one attached hydrogen (secondary N) is 2. The molecule has 2 saturated heterocycles. The Bertz CT molecular complexity index is 660. The van der Waals surface area contributed by atoms with Crippen molar-refractivity contribution in [3.8, 4) is 0 Å². The van der Waals surface area contributed by atoms with Gasteiger partial charge in [0.2, 0.25) is 11.9 Å². The van der Waals surface area contributed by atoms with Gasteiger partial charge in [0.15, 0.2) is 5.96 Å². The summed E-state index contributed by atoms with van der Waals surface area (Å²) < 4.78 is 0. The average Bonchev–Trinajstić information content (AvgIpc) is 3.23. The second kappa shape index (κ2) is 10.9. The summed E-state index contributed by atoms with van der Waals surface area (Å²) in [6.45, 7) is 12.0. The summed E-state index contributed by atoms with van der Waals surface area (Å²) in [7, 11) is 0. The largest absolute Gasteiger partial charge is 0.357 e. The lowest BCUT2D eigenvalue weighted by molar-refractivity contribution is -0.129. The maximum absolute atomic E-state index is 11.9. The Hall–Kier alpha value is -2.42. The maximum atomic E-state index is 11.9. The van der Waals surface area contributed by atoms with Crippen LogP contribution in [0.2, 0.25) is 0 Å². The molecule has 0 bridgehead atoms. The highest BCUT2D eigenvalue weighted by molar-refractivity contribution is 5.80. The van der Waals surface area contributed by atoms with Crippen molar-refractivity contribution in [3.63, 3.8) is 0 Å². The lowest BCUT2D eigenvalue weighted by atomic mass is 10.3. The third-order valence-corrected chi connectivity index (χ3v) is 5.42. The molecule has 9 heteroatoms.